The van der Waals surface area contributed by atoms with Crippen molar-refractivity contribution in [2.75, 3.05) is 7.11 Å². The van der Waals surface area contributed by atoms with Gasteiger partial charge in [0.1, 0.15) is 5.76 Å². The van der Waals surface area contributed by atoms with Crippen LogP contribution < -0.4 is 0 Å². The van der Waals surface area contributed by atoms with E-state index in [1.165, 1.54) is 0 Å². The van der Waals surface area contributed by atoms with E-state index in [9.17, 15) is 0 Å². The van der Waals surface area contributed by atoms with Crippen LogP contribution in [0.15, 0.2) is 48.3 Å². The van der Waals surface area contributed by atoms with Gasteiger partial charge in [-0.05, 0) is 12.2 Å². The van der Waals surface area contributed by atoms with E-state index in [4.69, 9.17) is 4.74 Å². The van der Waals surface area contributed by atoms with E-state index in [1.54, 1.807) is 7.11 Å². The molecule has 0 aliphatic heterocycles. The van der Waals surface area contributed by atoms with Crippen molar-refractivity contribution in [3.05, 3.63) is 48.3 Å². The molecule has 1 aliphatic rings. The molecule has 0 radical (unpaired) electrons. The Morgan fingerprint density at radius 3 is 2.50 bits per heavy atom. The standard InChI is InChI=1S/C9H10O/c1-10-9-7-5-3-2-4-6-8-9/h2-8H,1H3. The second kappa shape index (κ2) is 3.72. The largest absolute Gasteiger partial charge is 0.497 e. The molecule has 0 aromatic carbocycles. The molecular formula is C9H10O. The fourth-order valence-electron chi connectivity index (χ4n) is 0.685. The monoisotopic (exact) mass is 134 g/mol. The number of allylic oxidation sites excluding steroid dienone is 7. The molecule has 1 rings (SSSR count). The zero-order chi connectivity index (χ0) is 7.23. The van der Waals surface area contributed by atoms with Gasteiger partial charge in [-0.2, -0.15) is 0 Å². The average Bonchev–Trinajstić information content (AvgIpc) is 1.87. The summed E-state index contributed by atoms with van der Waals surface area (Å²) in [5.74, 6) is 0.876. The normalized spacial score (nSPS) is 15.9. The number of methoxy groups -OCH3 is 1. The van der Waals surface area contributed by atoms with E-state index in [2.05, 4.69) is 0 Å². The Hall–Kier alpha value is -1.24. The van der Waals surface area contributed by atoms with Gasteiger partial charge >= 0.3 is 0 Å². The Bertz CT molecular complexity index is 207. The van der Waals surface area contributed by atoms with Crippen LogP contribution in [0.1, 0.15) is 0 Å². The lowest BCUT2D eigenvalue weighted by atomic mass is 10.3. The highest BCUT2D eigenvalue weighted by Gasteiger charge is 1.84. The van der Waals surface area contributed by atoms with Crippen molar-refractivity contribution in [2.45, 2.75) is 0 Å². The van der Waals surface area contributed by atoms with Crippen molar-refractivity contribution in [1.82, 2.24) is 0 Å². The Balaban J connectivity index is 2.73. The third-order valence-corrected chi connectivity index (χ3v) is 1.20. The summed E-state index contributed by atoms with van der Waals surface area (Å²) in [5.41, 5.74) is 0. The Kier molecular flexibility index (Phi) is 2.56. The number of rotatable bonds is 1. The smallest absolute Gasteiger partial charge is 0.118 e. The zero-order valence-corrected chi connectivity index (χ0v) is 5.95. The molecule has 0 N–H and O–H groups in total. The third kappa shape index (κ3) is 1.94. The van der Waals surface area contributed by atoms with Gasteiger partial charge in [0.25, 0.3) is 0 Å². The number of hydrogen-bond donors (Lipinski definition) is 0. The molecule has 1 heteroatoms. The Labute approximate surface area is 61.0 Å². The van der Waals surface area contributed by atoms with E-state index in [-0.39, 0.29) is 0 Å². The first kappa shape index (κ1) is 6.87. The first-order valence-corrected chi connectivity index (χ1v) is 3.19. The molecule has 0 fully saturated rings. The second-order valence-corrected chi connectivity index (χ2v) is 1.90. The van der Waals surface area contributed by atoms with E-state index in [0.717, 1.165) is 5.76 Å². The molecule has 10 heavy (non-hydrogen) atoms. The summed E-state index contributed by atoms with van der Waals surface area (Å²) in [7, 11) is 1.66. The van der Waals surface area contributed by atoms with Crippen LogP contribution in [0.4, 0.5) is 0 Å². The van der Waals surface area contributed by atoms with Gasteiger partial charge in [-0.25, -0.2) is 0 Å². The van der Waals surface area contributed by atoms with Crippen LogP contribution >= 0.6 is 0 Å². The molecular weight excluding hydrogens is 124 g/mol. The van der Waals surface area contributed by atoms with Crippen molar-refractivity contribution < 1.29 is 4.74 Å². The van der Waals surface area contributed by atoms with Crippen LogP contribution in [0.5, 0.6) is 0 Å². The molecule has 0 heterocycles. The summed E-state index contributed by atoms with van der Waals surface area (Å²) in [5, 5.41) is 0. The molecule has 0 saturated carbocycles. The predicted octanol–water partition coefficient (Wildman–Crippen LogP) is 2.20. The van der Waals surface area contributed by atoms with Gasteiger partial charge in [0.2, 0.25) is 0 Å². The van der Waals surface area contributed by atoms with Gasteiger partial charge in [0.15, 0.2) is 0 Å². The third-order valence-electron chi connectivity index (χ3n) is 1.20. The minimum absolute atomic E-state index is 0.876. The molecule has 0 atom stereocenters. The molecule has 1 nitrogen and oxygen atoms in total. The fraction of sp³-hybridized carbons (Fsp3) is 0.111. The molecule has 0 saturated heterocycles. The van der Waals surface area contributed by atoms with Gasteiger partial charge in [0.05, 0.1) is 7.11 Å². The molecule has 0 aromatic rings. The lowest BCUT2D eigenvalue weighted by molar-refractivity contribution is 0.307. The zero-order valence-electron chi connectivity index (χ0n) is 5.95. The van der Waals surface area contributed by atoms with Gasteiger partial charge in [-0.3, -0.25) is 0 Å². The highest BCUT2D eigenvalue weighted by molar-refractivity contribution is 5.27. The molecule has 0 unspecified atom stereocenters. The molecule has 0 bridgehead atoms. The SMILES string of the molecule is COC1=CC=CC=CC=C1. The van der Waals surface area contributed by atoms with Gasteiger partial charge in [-0.1, -0.05) is 30.4 Å². The lowest BCUT2D eigenvalue weighted by Gasteiger charge is -1.97. The summed E-state index contributed by atoms with van der Waals surface area (Å²) >= 11 is 0. The van der Waals surface area contributed by atoms with Crippen LogP contribution in [0.2, 0.25) is 0 Å². The van der Waals surface area contributed by atoms with Crippen LogP contribution in [-0.2, 0) is 4.74 Å². The molecule has 0 spiro atoms. The van der Waals surface area contributed by atoms with E-state index < -0.39 is 0 Å². The maximum Gasteiger partial charge on any atom is 0.118 e. The quantitative estimate of drug-likeness (QED) is 0.534. The summed E-state index contributed by atoms with van der Waals surface area (Å²) in [6, 6.07) is 0. The van der Waals surface area contributed by atoms with Crippen LogP contribution in [-0.4, -0.2) is 7.11 Å². The van der Waals surface area contributed by atoms with Crippen LogP contribution in [0.25, 0.3) is 0 Å². The number of ether oxygens (including phenoxy) is 1. The van der Waals surface area contributed by atoms with Gasteiger partial charge < -0.3 is 4.74 Å². The molecule has 1 aliphatic carbocycles. The first-order chi connectivity index (χ1) is 4.93. The minimum Gasteiger partial charge on any atom is -0.497 e. The minimum atomic E-state index is 0.876. The summed E-state index contributed by atoms with van der Waals surface area (Å²) in [4.78, 5) is 0. The lowest BCUT2D eigenvalue weighted by Crippen LogP contribution is -1.80. The van der Waals surface area contributed by atoms with Crippen LogP contribution in [0.3, 0.4) is 0 Å². The summed E-state index contributed by atoms with van der Waals surface area (Å²) < 4.78 is 5.02. The Morgan fingerprint density at radius 2 is 1.70 bits per heavy atom. The maximum absolute atomic E-state index is 5.02. The average molecular weight is 134 g/mol. The highest BCUT2D eigenvalue weighted by Crippen LogP contribution is 2.00. The van der Waals surface area contributed by atoms with Gasteiger partial charge in [-0.15, -0.1) is 0 Å². The molecule has 0 aromatic heterocycles. The van der Waals surface area contributed by atoms with Crippen molar-refractivity contribution in [3.8, 4) is 0 Å². The summed E-state index contributed by atoms with van der Waals surface area (Å²) in [6.45, 7) is 0. The van der Waals surface area contributed by atoms with E-state index in [1.807, 2.05) is 42.5 Å². The van der Waals surface area contributed by atoms with E-state index >= 15 is 0 Å². The molecule has 52 valence electrons. The Morgan fingerprint density at radius 1 is 1.00 bits per heavy atom. The maximum atomic E-state index is 5.02. The van der Waals surface area contributed by atoms with Crippen molar-refractivity contribution in [3.63, 3.8) is 0 Å². The van der Waals surface area contributed by atoms with Gasteiger partial charge in [0, 0.05) is 0 Å². The first-order valence-electron chi connectivity index (χ1n) is 3.19. The molecule has 0 amide bonds. The van der Waals surface area contributed by atoms with E-state index in [0.29, 0.717) is 0 Å². The van der Waals surface area contributed by atoms with Crippen molar-refractivity contribution in [1.29, 1.82) is 0 Å². The fourth-order valence-corrected chi connectivity index (χ4v) is 0.685. The van der Waals surface area contributed by atoms with Crippen LogP contribution in [0, 0.1) is 0 Å². The van der Waals surface area contributed by atoms with Crippen molar-refractivity contribution in [2.24, 2.45) is 0 Å². The van der Waals surface area contributed by atoms with Crippen molar-refractivity contribution >= 4 is 0 Å². The highest BCUT2D eigenvalue weighted by atomic mass is 16.5. The topological polar surface area (TPSA) is 9.23 Å². The second-order valence-electron chi connectivity index (χ2n) is 1.90. The number of hydrogen-bond acceptors (Lipinski definition) is 1. The summed E-state index contributed by atoms with van der Waals surface area (Å²) in [6.07, 6.45) is 13.6. The predicted molar refractivity (Wildman–Crippen MR) is 42.5 cm³/mol.